The van der Waals surface area contributed by atoms with Crippen molar-refractivity contribution >= 4 is 23.4 Å². The van der Waals surface area contributed by atoms with E-state index in [2.05, 4.69) is 4.74 Å². The number of ether oxygens (including phenoxy) is 2. The molecule has 94 valence electrons. The Morgan fingerprint density at radius 1 is 1.44 bits per heavy atom. The molecule has 1 unspecified atom stereocenters. The Kier molecular flexibility index (Phi) is 3.13. The number of methoxy groups -OCH3 is 1. The molecule has 0 aromatic heterocycles. The molecule has 4 nitrogen and oxygen atoms in total. The first kappa shape index (κ1) is 12.6. The van der Waals surface area contributed by atoms with Crippen LogP contribution in [-0.2, 0) is 24.7 Å². The van der Waals surface area contributed by atoms with Gasteiger partial charge in [0.25, 0.3) is 0 Å². The van der Waals surface area contributed by atoms with E-state index in [4.69, 9.17) is 16.3 Å². The molecule has 1 atom stereocenters. The lowest BCUT2D eigenvalue weighted by atomic mass is 9.92. The van der Waals surface area contributed by atoms with Crippen molar-refractivity contribution in [2.24, 2.45) is 0 Å². The zero-order chi connectivity index (χ0) is 13.3. The fourth-order valence-corrected chi connectivity index (χ4v) is 1.93. The maximum absolute atomic E-state index is 12.0. The van der Waals surface area contributed by atoms with E-state index in [0.717, 1.165) is 6.08 Å². The molecule has 0 fully saturated rings. The molecule has 0 N–H and O–H groups in total. The lowest BCUT2D eigenvalue weighted by Gasteiger charge is -2.23. The van der Waals surface area contributed by atoms with Crippen LogP contribution in [0.25, 0.3) is 0 Å². The maximum Gasteiger partial charge on any atom is 0.373 e. The van der Waals surface area contributed by atoms with Crippen LogP contribution in [0.4, 0.5) is 0 Å². The molecule has 0 saturated heterocycles. The van der Waals surface area contributed by atoms with Crippen molar-refractivity contribution in [2.45, 2.75) is 12.5 Å². The number of rotatable bonds is 2. The van der Waals surface area contributed by atoms with E-state index in [-0.39, 0.29) is 11.5 Å². The predicted molar refractivity (Wildman–Crippen MR) is 65.0 cm³/mol. The molecule has 0 saturated carbocycles. The molecular formula is C13H11ClO4. The second-order valence-electron chi connectivity index (χ2n) is 4.01. The summed E-state index contributed by atoms with van der Waals surface area (Å²) < 4.78 is 9.96. The van der Waals surface area contributed by atoms with Crippen LogP contribution in [0.2, 0.25) is 5.02 Å². The Labute approximate surface area is 109 Å². The molecule has 0 aliphatic carbocycles. The van der Waals surface area contributed by atoms with Gasteiger partial charge in [-0.15, -0.1) is 0 Å². The monoisotopic (exact) mass is 266 g/mol. The molecule has 0 radical (unpaired) electrons. The van der Waals surface area contributed by atoms with Gasteiger partial charge in [0.1, 0.15) is 0 Å². The standard InChI is InChI=1S/C13H11ClO4/c1-13(8-4-3-5-9(14)6-8)11(15)7-10(18-13)12(16)17-2/h3-7H,1-2H3. The van der Waals surface area contributed by atoms with Gasteiger partial charge in [0.05, 0.1) is 7.11 Å². The van der Waals surface area contributed by atoms with Gasteiger partial charge in [-0.2, -0.15) is 0 Å². The third-order valence-electron chi connectivity index (χ3n) is 2.81. The van der Waals surface area contributed by atoms with Crippen LogP contribution in [-0.4, -0.2) is 18.9 Å². The summed E-state index contributed by atoms with van der Waals surface area (Å²) >= 11 is 5.88. The van der Waals surface area contributed by atoms with Crippen molar-refractivity contribution in [1.29, 1.82) is 0 Å². The first-order valence-corrected chi connectivity index (χ1v) is 5.64. The topological polar surface area (TPSA) is 52.6 Å². The Bertz CT molecular complexity index is 550. The average Bonchev–Trinajstić information content (AvgIpc) is 2.66. The summed E-state index contributed by atoms with van der Waals surface area (Å²) in [6.07, 6.45) is 1.15. The van der Waals surface area contributed by atoms with Gasteiger partial charge in [0.2, 0.25) is 11.5 Å². The highest BCUT2D eigenvalue weighted by molar-refractivity contribution is 6.30. The first-order valence-electron chi connectivity index (χ1n) is 5.27. The molecule has 0 spiro atoms. The molecule has 5 heteroatoms. The normalized spacial score (nSPS) is 22.4. The van der Waals surface area contributed by atoms with Crippen LogP contribution in [0.1, 0.15) is 12.5 Å². The second-order valence-corrected chi connectivity index (χ2v) is 4.45. The summed E-state index contributed by atoms with van der Waals surface area (Å²) in [7, 11) is 1.23. The Balaban J connectivity index is 2.36. The van der Waals surface area contributed by atoms with Gasteiger partial charge in [-0.05, 0) is 19.1 Å². The van der Waals surface area contributed by atoms with Crippen molar-refractivity contribution in [3.8, 4) is 0 Å². The zero-order valence-electron chi connectivity index (χ0n) is 9.90. The fourth-order valence-electron chi connectivity index (χ4n) is 1.74. The minimum Gasteiger partial charge on any atom is -0.467 e. The number of ketones is 1. The molecule has 0 amide bonds. The third-order valence-corrected chi connectivity index (χ3v) is 3.04. The van der Waals surface area contributed by atoms with E-state index in [1.807, 2.05) is 0 Å². The molecule has 0 bridgehead atoms. The smallest absolute Gasteiger partial charge is 0.373 e. The van der Waals surface area contributed by atoms with Gasteiger partial charge in [0, 0.05) is 16.7 Å². The quantitative estimate of drug-likeness (QED) is 0.770. The van der Waals surface area contributed by atoms with E-state index >= 15 is 0 Å². The number of esters is 1. The van der Waals surface area contributed by atoms with Crippen LogP contribution in [0.15, 0.2) is 36.1 Å². The number of halogens is 1. The minimum absolute atomic E-state index is 0.0926. The zero-order valence-corrected chi connectivity index (χ0v) is 10.7. The molecule has 1 aliphatic rings. The van der Waals surface area contributed by atoms with Gasteiger partial charge in [-0.25, -0.2) is 4.79 Å². The van der Waals surface area contributed by atoms with Crippen LogP contribution >= 0.6 is 11.6 Å². The highest BCUT2D eigenvalue weighted by Crippen LogP contribution is 2.36. The SMILES string of the molecule is COC(=O)C1=CC(=O)C(C)(c2cccc(Cl)c2)O1. The fraction of sp³-hybridized carbons (Fsp3) is 0.231. The number of hydrogen-bond acceptors (Lipinski definition) is 4. The Morgan fingerprint density at radius 3 is 2.78 bits per heavy atom. The van der Waals surface area contributed by atoms with E-state index in [0.29, 0.717) is 10.6 Å². The van der Waals surface area contributed by atoms with Crippen molar-refractivity contribution in [3.63, 3.8) is 0 Å². The highest BCUT2D eigenvalue weighted by Gasteiger charge is 2.44. The lowest BCUT2D eigenvalue weighted by molar-refractivity contribution is -0.144. The second kappa shape index (κ2) is 4.46. The van der Waals surface area contributed by atoms with Gasteiger partial charge >= 0.3 is 5.97 Å². The molecular weight excluding hydrogens is 256 g/mol. The number of carbonyl (C=O) groups is 2. The van der Waals surface area contributed by atoms with Gasteiger partial charge in [0.15, 0.2) is 5.60 Å². The summed E-state index contributed by atoms with van der Waals surface area (Å²) in [5.74, 6) is -1.08. The average molecular weight is 267 g/mol. The molecule has 2 rings (SSSR count). The summed E-state index contributed by atoms with van der Waals surface area (Å²) in [5, 5.41) is 0.497. The molecule has 1 aliphatic heterocycles. The summed E-state index contributed by atoms with van der Waals surface area (Å²) in [5.41, 5.74) is -0.635. The molecule has 18 heavy (non-hydrogen) atoms. The maximum atomic E-state index is 12.0. The highest BCUT2D eigenvalue weighted by atomic mass is 35.5. The number of carbonyl (C=O) groups excluding carboxylic acids is 2. The predicted octanol–water partition coefficient (Wildman–Crippen LogP) is 2.21. The summed E-state index contributed by atoms with van der Waals surface area (Å²) in [6.45, 7) is 1.59. The van der Waals surface area contributed by atoms with E-state index in [1.54, 1.807) is 31.2 Å². The summed E-state index contributed by atoms with van der Waals surface area (Å²) in [4.78, 5) is 23.3. The van der Waals surface area contributed by atoms with E-state index in [9.17, 15) is 9.59 Å². The molecule has 1 aromatic carbocycles. The molecule has 1 aromatic rings. The van der Waals surface area contributed by atoms with Crippen molar-refractivity contribution in [2.75, 3.05) is 7.11 Å². The van der Waals surface area contributed by atoms with Crippen LogP contribution in [0.3, 0.4) is 0 Å². The first-order chi connectivity index (χ1) is 8.47. The van der Waals surface area contributed by atoms with Crippen molar-refractivity contribution in [3.05, 3.63) is 46.7 Å². The van der Waals surface area contributed by atoms with Crippen LogP contribution < -0.4 is 0 Å². The van der Waals surface area contributed by atoms with Crippen molar-refractivity contribution in [1.82, 2.24) is 0 Å². The number of benzene rings is 1. The number of hydrogen-bond donors (Lipinski definition) is 0. The van der Waals surface area contributed by atoms with E-state index in [1.165, 1.54) is 7.11 Å². The third kappa shape index (κ3) is 1.99. The van der Waals surface area contributed by atoms with Crippen molar-refractivity contribution < 1.29 is 19.1 Å². The van der Waals surface area contributed by atoms with Gasteiger partial charge in [-0.3, -0.25) is 4.79 Å². The Hall–Kier alpha value is -1.81. The van der Waals surface area contributed by atoms with E-state index < -0.39 is 11.6 Å². The van der Waals surface area contributed by atoms with Gasteiger partial charge in [-0.1, -0.05) is 23.7 Å². The summed E-state index contributed by atoms with van der Waals surface area (Å²) in [6, 6.07) is 6.77. The largest absolute Gasteiger partial charge is 0.467 e. The Morgan fingerprint density at radius 2 is 2.17 bits per heavy atom. The lowest BCUT2D eigenvalue weighted by Crippen LogP contribution is -2.30. The van der Waals surface area contributed by atoms with Crippen LogP contribution in [0.5, 0.6) is 0 Å². The minimum atomic E-state index is -1.23. The van der Waals surface area contributed by atoms with Crippen LogP contribution in [0, 0.1) is 0 Å². The van der Waals surface area contributed by atoms with Gasteiger partial charge < -0.3 is 9.47 Å². The molecule has 1 heterocycles.